The summed E-state index contributed by atoms with van der Waals surface area (Å²) in [5, 5.41) is 4.21. The Labute approximate surface area is 204 Å². The molecule has 0 bridgehead atoms. The van der Waals surface area contributed by atoms with Gasteiger partial charge in [-0.3, -0.25) is 19.4 Å². The Hall–Kier alpha value is -1.74. The molecule has 0 saturated carbocycles. The van der Waals surface area contributed by atoms with Gasteiger partial charge in [-0.05, 0) is 68.1 Å². The molecule has 3 fully saturated rings. The number of amides is 2. The second kappa shape index (κ2) is 10.7. The van der Waals surface area contributed by atoms with Gasteiger partial charge in [-0.25, -0.2) is 0 Å². The van der Waals surface area contributed by atoms with Crippen LogP contribution in [0.1, 0.15) is 53.9 Å². The molecular weight excluding hydrogens is 452 g/mol. The third-order valence-corrected chi connectivity index (χ3v) is 9.24. The summed E-state index contributed by atoms with van der Waals surface area (Å²) in [6.07, 6.45) is 5.33. The molecule has 0 radical (unpaired) electrons. The molecule has 2 amide bonds. The molecule has 2 aromatic heterocycles. The SMILES string of the molecule is O=C(CN1CCCN(CC(=O)N2CCCC2c2cccs2)CC1)N1CCCC1c1cccs1. The van der Waals surface area contributed by atoms with Gasteiger partial charge in [0.2, 0.25) is 11.8 Å². The van der Waals surface area contributed by atoms with Gasteiger partial charge in [0.25, 0.3) is 0 Å². The Morgan fingerprint density at radius 1 is 0.697 bits per heavy atom. The highest BCUT2D eigenvalue weighted by molar-refractivity contribution is 7.10. The molecule has 178 valence electrons. The monoisotopic (exact) mass is 486 g/mol. The van der Waals surface area contributed by atoms with Crippen LogP contribution < -0.4 is 0 Å². The summed E-state index contributed by atoms with van der Waals surface area (Å²) >= 11 is 3.51. The van der Waals surface area contributed by atoms with Crippen LogP contribution in [0.2, 0.25) is 0 Å². The number of hydrogen-bond donors (Lipinski definition) is 0. The molecule has 8 heteroatoms. The maximum atomic E-state index is 13.1. The summed E-state index contributed by atoms with van der Waals surface area (Å²) in [4.78, 5) is 37.6. The minimum atomic E-state index is 0.256. The van der Waals surface area contributed by atoms with Crippen molar-refractivity contribution in [2.24, 2.45) is 0 Å². The smallest absolute Gasteiger partial charge is 0.237 e. The summed E-state index contributed by atoms with van der Waals surface area (Å²) in [6.45, 7) is 6.29. The minimum absolute atomic E-state index is 0.256. The lowest BCUT2D eigenvalue weighted by atomic mass is 10.2. The van der Waals surface area contributed by atoms with Crippen molar-refractivity contribution in [1.29, 1.82) is 0 Å². The quantitative estimate of drug-likeness (QED) is 0.622. The topological polar surface area (TPSA) is 47.1 Å². The van der Waals surface area contributed by atoms with Crippen molar-refractivity contribution in [2.75, 3.05) is 52.4 Å². The summed E-state index contributed by atoms with van der Waals surface area (Å²) in [6, 6.07) is 8.99. The molecule has 3 aliphatic heterocycles. The van der Waals surface area contributed by atoms with E-state index in [-0.39, 0.29) is 23.9 Å². The highest BCUT2D eigenvalue weighted by atomic mass is 32.1. The third kappa shape index (κ3) is 5.34. The number of likely N-dealkylation sites (tertiary alicyclic amines) is 2. The lowest BCUT2D eigenvalue weighted by Crippen LogP contribution is -2.43. The average molecular weight is 487 g/mol. The van der Waals surface area contributed by atoms with Crippen LogP contribution in [-0.4, -0.2) is 83.8 Å². The van der Waals surface area contributed by atoms with Crippen LogP contribution in [0.4, 0.5) is 0 Å². The van der Waals surface area contributed by atoms with Gasteiger partial charge in [0.05, 0.1) is 25.2 Å². The zero-order chi connectivity index (χ0) is 22.6. The van der Waals surface area contributed by atoms with E-state index in [1.54, 1.807) is 22.7 Å². The summed E-state index contributed by atoms with van der Waals surface area (Å²) in [5.41, 5.74) is 0. The van der Waals surface area contributed by atoms with Crippen LogP contribution in [0.3, 0.4) is 0 Å². The van der Waals surface area contributed by atoms with Crippen molar-refractivity contribution in [3.05, 3.63) is 44.8 Å². The Morgan fingerprint density at radius 3 is 1.61 bits per heavy atom. The molecule has 2 atom stereocenters. The number of carbonyl (C=O) groups excluding carboxylic acids is 2. The Kier molecular flexibility index (Phi) is 7.45. The first-order valence-electron chi connectivity index (χ1n) is 12.3. The first-order chi connectivity index (χ1) is 16.2. The van der Waals surface area contributed by atoms with Gasteiger partial charge in [0.15, 0.2) is 0 Å². The lowest BCUT2D eigenvalue weighted by Gasteiger charge is -2.28. The van der Waals surface area contributed by atoms with E-state index in [0.29, 0.717) is 13.1 Å². The van der Waals surface area contributed by atoms with Gasteiger partial charge in [-0.15, -0.1) is 22.7 Å². The molecule has 0 N–H and O–H groups in total. The van der Waals surface area contributed by atoms with Gasteiger partial charge in [0, 0.05) is 35.9 Å². The molecule has 6 nitrogen and oxygen atoms in total. The highest BCUT2D eigenvalue weighted by Crippen LogP contribution is 2.35. The van der Waals surface area contributed by atoms with Gasteiger partial charge in [-0.2, -0.15) is 0 Å². The van der Waals surface area contributed by atoms with Crippen LogP contribution in [0, 0.1) is 0 Å². The number of rotatable bonds is 6. The zero-order valence-electron chi connectivity index (χ0n) is 19.2. The highest BCUT2D eigenvalue weighted by Gasteiger charge is 2.33. The van der Waals surface area contributed by atoms with Crippen LogP contribution in [-0.2, 0) is 9.59 Å². The maximum Gasteiger partial charge on any atom is 0.237 e. The van der Waals surface area contributed by atoms with Crippen LogP contribution >= 0.6 is 22.7 Å². The summed E-state index contributed by atoms with van der Waals surface area (Å²) < 4.78 is 0. The van der Waals surface area contributed by atoms with Gasteiger partial charge in [0.1, 0.15) is 0 Å². The van der Waals surface area contributed by atoms with E-state index in [4.69, 9.17) is 0 Å². The van der Waals surface area contributed by atoms with E-state index in [0.717, 1.165) is 71.4 Å². The van der Waals surface area contributed by atoms with Crippen LogP contribution in [0.25, 0.3) is 0 Å². The van der Waals surface area contributed by atoms with Gasteiger partial charge in [-0.1, -0.05) is 12.1 Å². The van der Waals surface area contributed by atoms with E-state index >= 15 is 0 Å². The molecule has 5 heterocycles. The van der Waals surface area contributed by atoms with E-state index in [1.807, 2.05) is 0 Å². The van der Waals surface area contributed by atoms with E-state index in [2.05, 4.69) is 54.6 Å². The Balaban J connectivity index is 1.12. The van der Waals surface area contributed by atoms with Crippen molar-refractivity contribution in [2.45, 2.75) is 44.2 Å². The first-order valence-corrected chi connectivity index (χ1v) is 14.1. The molecule has 2 unspecified atom stereocenters. The van der Waals surface area contributed by atoms with E-state index in [9.17, 15) is 9.59 Å². The molecule has 33 heavy (non-hydrogen) atoms. The fourth-order valence-electron chi connectivity index (χ4n) is 5.59. The predicted molar refractivity (Wildman–Crippen MR) is 134 cm³/mol. The molecular formula is C25H34N4O2S2. The minimum Gasteiger partial charge on any atom is -0.334 e. The normalized spacial score (nSPS) is 25.0. The molecule has 3 saturated heterocycles. The maximum absolute atomic E-state index is 13.1. The summed E-state index contributed by atoms with van der Waals surface area (Å²) in [5.74, 6) is 0.512. The van der Waals surface area contributed by atoms with Crippen molar-refractivity contribution in [3.63, 3.8) is 0 Å². The molecule has 0 aromatic carbocycles. The summed E-state index contributed by atoms with van der Waals surface area (Å²) in [7, 11) is 0. The van der Waals surface area contributed by atoms with Crippen molar-refractivity contribution in [1.82, 2.24) is 19.6 Å². The fourth-order valence-corrected chi connectivity index (χ4v) is 7.34. The predicted octanol–water partition coefficient (Wildman–Crippen LogP) is 3.84. The molecule has 0 aliphatic carbocycles. The van der Waals surface area contributed by atoms with Crippen molar-refractivity contribution in [3.8, 4) is 0 Å². The second-order valence-corrected chi connectivity index (χ2v) is 11.4. The molecule has 3 aliphatic rings. The van der Waals surface area contributed by atoms with Gasteiger partial charge < -0.3 is 9.80 Å². The standard InChI is InChI=1S/C25H34N4O2S2/c30-24(28-12-1-6-20(28)22-8-3-16-32-22)18-26-10-5-11-27(15-14-26)19-25(31)29-13-2-7-21(29)23-9-4-17-33-23/h3-4,8-9,16-17,20-21H,1-2,5-7,10-15,18-19H2. The van der Waals surface area contributed by atoms with Crippen molar-refractivity contribution < 1.29 is 9.59 Å². The van der Waals surface area contributed by atoms with E-state index in [1.165, 1.54) is 9.75 Å². The zero-order valence-corrected chi connectivity index (χ0v) is 20.9. The lowest BCUT2D eigenvalue weighted by molar-refractivity contribution is -0.134. The average Bonchev–Trinajstić information content (AvgIpc) is 3.61. The Bertz CT molecular complexity index is 843. The van der Waals surface area contributed by atoms with E-state index < -0.39 is 0 Å². The Morgan fingerprint density at radius 2 is 1.18 bits per heavy atom. The third-order valence-electron chi connectivity index (χ3n) is 7.29. The second-order valence-electron chi connectivity index (χ2n) is 9.43. The van der Waals surface area contributed by atoms with Crippen molar-refractivity contribution >= 4 is 34.5 Å². The molecule has 5 rings (SSSR count). The number of hydrogen-bond acceptors (Lipinski definition) is 6. The fraction of sp³-hybridized carbons (Fsp3) is 0.600. The van der Waals surface area contributed by atoms with Crippen LogP contribution in [0.5, 0.6) is 0 Å². The molecule has 2 aromatic rings. The molecule has 0 spiro atoms. The largest absolute Gasteiger partial charge is 0.334 e. The van der Waals surface area contributed by atoms with Gasteiger partial charge >= 0.3 is 0 Å². The number of nitrogens with zero attached hydrogens (tertiary/aromatic N) is 4. The number of thiophene rings is 2. The first kappa shape index (κ1) is 23.0. The number of carbonyl (C=O) groups is 2. The van der Waals surface area contributed by atoms with Crippen LogP contribution in [0.15, 0.2) is 35.0 Å².